The number of carbonyl (C=O) groups is 1. The molecule has 2 rings (SSSR count). The van der Waals surface area contributed by atoms with E-state index in [2.05, 4.69) is 9.97 Å². The molecule has 2 aromatic heterocycles. The lowest BCUT2D eigenvalue weighted by atomic mass is 10.3. The number of hydrogen-bond acceptors (Lipinski definition) is 5. The Kier molecular flexibility index (Phi) is 3.44. The molecule has 0 fully saturated rings. The molecule has 88 valence electrons. The van der Waals surface area contributed by atoms with Gasteiger partial charge >= 0.3 is 5.97 Å². The van der Waals surface area contributed by atoms with Crippen LogP contribution in [0.15, 0.2) is 27.7 Å². The van der Waals surface area contributed by atoms with Gasteiger partial charge in [-0.2, -0.15) is 0 Å². The molecule has 0 aliphatic rings. The number of nitrogens with zero attached hydrogens (tertiary/aromatic N) is 2. The topological polar surface area (TPSA) is 63.1 Å². The summed E-state index contributed by atoms with van der Waals surface area (Å²) in [7, 11) is 0. The van der Waals surface area contributed by atoms with Gasteiger partial charge in [0.2, 0.25) is 0 Å². The Labute approximate surface area is 107 Å². The molecule has 0 unspecified atom stereocenters. The molecule has 4 nitrogen and oxygen atoms in total. The second-order valence-electron chi connectivity index (χ2n) is 3.44. The molecule has 1 N–H and O–H groups in total. The highest BCUT2D eigenvalue weighted by Crippen LogP contribution is 2.34. The summed E-state index contributed by atoms with van der Waals surface area (Å²) in [5.41, 5.74) is 1.62. The van der Waals surface area contributed by atoms with Crippen molar-refractivity contribution in [2.45, 2.75) is 23.1 Å². The fourth-order valence-electron chi connectivity index (χ4n) is 1.28. The first kappa shape index (κ1) is 12.1. The van der Waals surface area contributed by atoms with E-state index in [9.17, 15) is 4.79 Å². The van der Waals surface area contributed by atoms with Gasteiger partial charge in [-0.3, -0.25) is 4.98 Å². The van der Waals surface area contributed by atoms with Gasteiger partial charge in [0.25, 0.3) is 0 Å². The number of rotatable bonds is 3. The van der Waals surface area contributed by atoms with E-state index in [-0.39, 0.29) is 0 Å². The summed E-state index contributed by atoms with van der Waals surface area (Å²) in [6, 6.07) is 1.90. The maximum Gasteiger partial charge on any atom is 0.347 e. The van der Waals surface area contributed by atoms with Crippen LogP contribution in [-0.2, 0) is 0 Å². The number of hydrogen-bond donors (Lipinski definition) is 1. The molecule has 0 aliphatic heterocycles. The van der Waals surface area contributed by atoms with Gasteiger partial charge in [0.05, 0.1) is 5.69 Å². The van der Waals surface area contributed by atoms with Crippen molar-refractivity contribution in [3.63, 3.8) is 0 Å². The van der Waals surface area contributed by atoms with Crippen LogP contribution >= 0.6 is 23.1 Å². The van der Waals surface area contributed by atoms with Crippen LogP contribution in [0.3, 0.4) is 0 Å². The first-order valence-electron chi connectivity index (χ1n) is 4.87. The van der Waals surface area contributed by atoms with Crippen molar-refractivity contribution in [2.24, 2.45) is 0 Å². The predicted octanol–water partition coefficient (Wildman–Crippen LogP) is 3.00. The van der Waals surface area contributed by atoms with Gasteiger partial charge in [-0.1, -0.05) is 11.8 Å². The monoisotopic (exact) mass is 266 g/mol. The third kappa shape index (κ3) is 2.65. The summed E-state index contributed by atoms with van der Waals surface area (Å²) in [6.45, 7) is 3.68. The van der Waals surface area contributed by atoms with Gasteiger partial charge in [0.1, 0.15) is 4.88 Å². The molecule has 0 aromatic carbocycles. The highest BCUT2D eigenvalue weighted by Gasteiger charge is 2.15. The standard InChI is InChI=1S/C11H10N2O2S2/c1-6-5-12-4-3-8(6)16-11-13-7(2)9(17-11)10(14)15/h3-5H,1-2H3,(H,14,15). The molecule has 0 atom stereocenters. The second-order valence-corrected chi connectivity index (χ2v) is 5.73. The molecule has 2 aromatic rings. The number of aryl methyl sites for hydroxylation is 2. The summed E-state index contributed by atoms with van der Waals surface area (Å²) < 4.78 is 0.745. The van der Waals surface area contributed by atoms with E-state index >= 15 is 0 Å². The van der Waals surface area contributed by atoms with Gasteiger partial charge in [-0.25, -0.2) is 9.78 Å². The molecule has 2 heterocycles. The van der Waals surface area contributed by atoms with Crippen LogP contribution in [0.2, 0.25) is 0 Å². The quantitative estimate of drug-likeness (QED) is 0.925. The van der Waals surface area contributed by atoms with E-state index in [0.717, 1.165) is 14.8 Å². The summed E-state index contributed by atoms with van der Waals surface area (Å²) in [5.74, 6) is -0.918. The zero-order valence-corrected chi connectivity index (χ0v) is 10.9. The van der Waals surface area contributed by atoms with Gasteiger partial charge < -0.3 is 5.11 Å². The summed E-state index contributed by atoms with van der Waals surface area (Å²) >= 11 is 2.67. The lowest BCUT2D eigenvalue weighted by Crippen LogP contribution is -1.94. The maximum atomic E-state index is 10.9. The van der Waals surface area contributed by atoms with Crippen molar-refractivity contribution in [3.8, 4) is 0 Å². The molecule has 6 heteroatoms. The van der Waals surface area contributed by atoms with Crippen molar-refractivity contribution in [2.75, 3.05) is 0 Å². The summed E-state index contributed by atoms with van der Waals surface area (Å²) in [6.07, 6.45) is 3.49. The molecule has 0 amide bonds. The number of pyridine rings is 1. The molecule has 17 heavy (non-hydrogen) atoms. The van der Waals surface area contributed by atoms with Gasteiger partial charge in [0.15, 0.2) is 4.34 Å². The maximum absolute atomic E-state index is 10.9. The molecule has 0 bridgehead atoms. The van der Waals surface area contributed by atoms with Crippen molar-refractivity contribution in [1.82, 2.24) is 9.97 Å². The van der Waals surface area contributed by atoms with E-state index < -0.39 is 5.97 Å². The third-order valence-electron chi connectivity index (χ3n) is 2.14. The molecule has 0 radical (unpaired) electrons. The van der Waals surface area contributed by atoms with Crippen molar-refractivity contribution in [3.05, 3.63) is 34.6 Å². The fraction of sp³-hybridized carbons (Fsp3) is 0.182. The average Bonchev–Trinajstić information content (AvgIpc) is 2.63. The van der Waals surface area contributed by atoms with Crippen LogP contribution < -0.4 is 0 Å². The molecule has 0 spiro atoms. The van der Waals surface area contributed by atoms with Crippen LogP contribution in [0.4, 0.5) is 0 Å². The van der Waals surface area contributed by atoms with E-state index in [0.29, 0.717) is 10.6 Å². The highest BCUT2D eigenvalue weighted by atomic mass is 32.2. The van der Waals surface area contributed by atoms with Crippen molar-refractivity contribution >= 4 is 29.1 Å². The minimum Gasteiger partial charge on any atom is -0.477 e. The second kappa shape index (κ2) is 4.85. The van der Waals surface area contributed by atoms with E-state index in [1.165, 1.54) is 23.1 Å². The van der Waals surface area contributed by atoms with Crippen LogP contribution in [0.25, 0.3) is 0 Å². The Morgan fingerprint density at radius 3 is 2.82 bits per heavy atom. The Hall–Kier alpha value is -1.40. The van der Waals surface area contributed by atoms with Crippen LogP contribution in [0, 0.1) is 13.8 Å². The Balaban J connectivity index is 2.28. The number of thiazole rings is 1. The van der Waals surface area contributed by atoms with Crippen molar-refractivity contribution in [1.29, 1.82) is 0 Å². The van der Waals surface area contributed by atoms with Gasteiger partial charge in [-0.15, -0.1) is 11.3 Å². The number of carboxylic acid groups (broad SMARTS) is 1. The molecule has 0 aliphatic carbocycles. The zero-order chi connectivity index (χ0) is 12.4. The molecule has 0 saturated heterocycles. The normalized spacial score (nSPS) is 10.5. The lowest BCUT2D eigenvalue weighted by Gasteiger charge is -2.00. The molecular formula is C11H10N2O2S2. The van der Waals surface area contributed by atoms with Crippen LogP contribution in [0.5, 0.6) is 0 Å². The predicted molar refractivity (Wildman–Crippen MR) is 66.9 cm³/mol. The summed E-state index contributed by atoms with van der Waals surface area (Å²) in [4.78, 5) is 20.5. The number of carboxylic acids is 1. The number of aromatic carboxylic acids is 1. The van der Waals surface area contributed by atoms with Crippen LogP contribution in [0.1, 0.15) is 20.9 Å². The highest BCUT2D eigenvalue weighted by molar-refractivity contribution is 8.01. The smallest absolute Gasteiger partial charge is 0.347 e. The van der Waals surface area contributed by atoms with E-state index in [1.54, 1.807) is 19.3 Å². The SMILES string of the molecule is Cc1cnccc1Sc1nc(C)c(C(=O)O)s1. The lowest BCUT2D eigenvalue weighted by molar-refractivity contribution is 0.0701. The Bertz CT molecular complexity index is 566. The van der Waals surface area contributed by atoms with Crippen molar-refractivity contribution < 1.29 is 9.90 Å². The number of aromatic nitrogens is 2. The van der Waals surface area contributed by atoms with Gasteiger partial charge in [0, 0.05) is 17.3 Å². The average molecular weight is 266 g/mol. The van der Waals surface area contributed by atoms with E-state index in [4.69, 9.17) is 5.11 Å². The largest absolute Gasteiger partial charge is 0.477 e. The van der Waals surface area contributed by atoms with E-state index in [1.807, 2.05) is 13.0 Å². The molecule has 0 saturated carbocycles. The van der Waals surface area contributed by atoms with Gasteiger partial charge in [-0.05, 0) is 25.5 Å². The molecular weight excluding hydrogens is 256 g/mol. The third-order valence-corrected chi connectivity index (χ3v) is 4.52. The Morgan fingerprint density at radius 2 is 2.24 bits per heavy atom. The zero-order valence-electron chi connectivity index (χ0n) is 9.30. The first-order valence-corrected chi connectivity index (χ1v) is 6.50. The minimum absolute atomic E-state index is 0.305. The fourth-order valence-corrected chi connectivity index (χ4v) is 3.32. The minimum atomic E-state index is -0.918. The summed E-state index contributed by atoms with van der Waals surface area (Å²) in [5, 5.41) is 8.95. The van der Waals surface area contributed by atoms with Crippen LogP contribution in [-0.4, -0.2) is 21.0 Å². The first-order chi connectivity index (χ1) is 8.08. The Morgan fingerprint density at radius 1 is 1.47 bits per heavy atom.